The van der Waals surface area contributed by atoms with Crippen molar-refractivity contribution in [2.75, 3.05) is 0 Å². The highest BCUT2D eigenvalue weighted by Gasteiger charge is 2.12. The molecule has 0 unspecified atom stereocenters. The minimum absolute atomic E-state index is 0.175. The molecule has 0 aliphatic carbocycles. The van der Waals surface area contributed by atoms with Crippen LogP contribution in [0.2, 0.25) is 0 Å². The summed E-state index contributed by atoms with van der Waals surface area (Å²) in [4.78, 5) is 10.5. The van der Waals surface area contributed by atoms with Crippen LogP contribution >= 0.6 is 0 Å². The van der Waals surface area contributed by atoms with E-state index in [1.54, 1.807) is 0 Å². The maximum atomic E-state index is 10.5. The van der Waals surface area contributed by atoms with Crippen molar-refractivity contribution in [1.82, 2.24) is 0 Å². The van der Waals surface area contributed by atoms with Crippen LogP contribution in [0.1, 0.15) is 33.6 Å². The van der Waals surface area contributed by atoms with Crippen LogP contribution < -0.4 is 0 Å². The highest BCUT2D eigenvalue weighted by atomic mass is 16.5. The summed E-state index contributed by atoms with van der Waals surface area (Å²) in [5, 5.41) is 0. The lowest BCUT2D eigenvalue weighted by molar-refractivity contribution is -0.139. The predicted octanol–water partition coefficient (Wildman–Crippen LogP) is 2.02. The maximum absolute atomic E-state index is 10.5. The second-order valence-corrected chi connectivity index (χ2v) is 3.55. The third kappa shape index (κ3) is 5.60. The van der Waals surface area contributed by atoms with Gasteiger partial charge in [-0.25, -0.2) is 0 Å². The van der Waals surface area contributed by atoms with Gasteiger partial charge in [-0.3, -0.25) is 4.79 Å². The smallest absolute Gasteiger partial charge is 0.306 e. The van der Waals surface area contributed by atoms with E-state index in [9.17, 15) is 4.79 Å². The number of hydrogen-bond donors (Lipinski definition) is 0. The second kappa shape index (κ2) is 3.59. The Morgan fingerprint density at radius 3 is 2.30 bits per heavy atom. The zero-order valence-electron chi connectivity index (χ0n) is 6.81. The molecule has 0 aromatic heterocycles. The van der Waals surface area contributed by atoms with Crippen molar-refractivity contribution in [3.05, 3.63) is 7.11 Å². The summed E-state index contributed by atoms with van der Waals surface area (Å²) < 4.78 is 4.01. The van der Waals surface area contributed by atoms with Crippen LogP contribution in [0.15, 0.2) is 0 Å². The molecular formula is C8H14O2. The highest BCUT2D eigenvalue weighted by molar-refractivity contribution is 5.69. The topological polar surface area (TPSA) is 26.3 Å². The number of rotatable bonds is 2. The Labute approximate surface area is 62.6 Å². The maximum Gasteiger partial charge on any atom is 0.306 e. The van der Waals surface area contributed by atoms with Crippen molar-refractivity contribution in [3.63, 3.8) is 0 Å². The summed E-state index contributed by atoms with van der Waals surface area (Å²) >= 11 is 0. The molecule has 2 heteroatoms. The molecule has 0 N–H and O–H groups in total. The predicted molar refractivity (Wildman–Crippen MR) is 39.1 cm³/mol. The molecule has 0 aromatic carbocycles. The SMILES string of the molecule is [CH]OC(=O)CCC(C)(C)C. The summed E-state index contributed by atoms with van der Waals surface area (Å²) in [7, 11) is 4.65. The van der Waals surface area contributed by atoms with Gasteiger partial charge >= 0.3 is 5.97 Å². The first kappa shape index (κ1) is 9.47. The largest absolute Gasteiger partial charge is 0.454 e. The Balaban J connectivity index is 3.46. The number of hydrogen-bond acceptors (Lipinski definition) is 2. The molecule has 0 bridgehead atoms. The highest BCUT2D eigenvalue weighted by Crippen LogP contribution is 2.20. The number of carbonyl (C=O) groups is 1. The second-order valence-electron chi connectivity index (χ2n) is 3.55. The van der Waals surface area contributed by atoms with Crippen molar-refractivity contribution >= 4 is 5.97 Å². The van der Waals surface area contributed by atoms with E-state index < -0.39 is 0 Å². The van der Waals surface area contributed by atoms with Crippen LogP contribution in [0.3, 0.4) is 0 Å². The van der Waals surface area contributed by atoms with Gasteiger partial charge < -0.3 is 4.74 Å². The van der Waals surface area contributed by atoms with E-state index >= 15 is 0 Å². The molecule has 0 amide bonds. The number of carbonyl (C=O) groups excluding carboxylic acids is 1. The van der Waals surface area contributed by atoms with Crippen molar-refractivity contribution in [3.8, 4) is 0 Å². The fourth-order valence-corrected chi connectivity index (χ4v) is 0.536. The van der Waals surface area contributed by atoms with E-state index in [2.05, 4.69) is 32.6 Å². The molecular weight excluding hydrogens is 128 g/mol. The average molecular weight is 142 g/mol. The van der Waals surface area contributed by atoms with Gasteiger partial charge in [-0.15, -0.1) is 0 Å². The molecule has 10 heavy (non-hydrogen) atoms. The Hall–Kier alpha value is -0.530. The van der Waals surface area contributed by atoms with Gasteiger partial charge in [0.15, 0.2) is 7.11 Å². The van der Waals surface area contributed by atoms with Crippen LogP contribution in [0, 0.1) is 12.5 Å². The first-order chi connectivity index (χ1) is 4.45. The lowest BCUT2D eigenvalue weighted by Gasteiger charge is -2.16. The molecule has 0 aliphatic heterocycles. The van der Waals surface area contributed by atoms with Crippen molar-refractivity contribution in [1.29, 1.82) is 0 Å². The molecule has 0 spiro atoms. The van der Waals surface area contributed by atoms with Gasteiger partial charge in [-0.05, 0) is 11.8 Å². The van der Waals surface area contributed by atoms with Crippen molar-refractivity contribution in [2.24, 2.45) is 5.41 Å². The van der Waals surface area contributed by atoms with Gasteiger partial charge in [0.25, 0.3) is 0 Å². The average Bonchev–Trinajstić information content (AvgIpc) is 1.81. The zero-order chi connectivity index (χ0) is 8.20. The van der Waals surface area contributed by atoms with Gasteiger partial charge in [0.1, 0.15) is 0 Å². The van der Waals surface area contributed by atoms with Crippen molar-refractivity contribution in [2.45, 2.75) is 33.6 Å². The quantitative estimate of drug-likeness (QED) is 0.551. The van der Waals surface area contributed by atoms with Gasteiger partial charge in [-0.1, -0.05) is 20.8 Å². The van der Waals surface area contributed by atoms with Crippen LogP contribution in [0.4, 0.5) is 0 Å². The third-order valence-electron chi connectivity index (χ3n) is 1.21. The molecule has 58 valence electrons. The van der Waals surface area contributed by atoms with Gasteiger partial charge in [0, 0.05) is 6.42 Å². The standard InChI is InChI=1S/C8H14O2/c1-8(2,3)6-5-7(9)10-4/h4H,5-6H2,1-3H3. The fraction of sp³-hybridized carbons (Fsp3) is 0.750. The Morgan fingerprint density at radius 1 is 1.50 bits per heavy atom. The summed E-state index contributed by atoms with van der Waals surface area (Å²) in [6.07, 6.45) is 1.21. The Morgan fingerprint density at radius 2 is 2.00 bits per heavy atom. The van der Waals surface area contributed by atoms with Crippen LogP contribution in [0.25, 0.3) is 0 Å². The first-order valence-corrected chi connectivity index (χ1v) is 3.35. The molecule has 0 saturated carbocycles. The summed E-state index contributed by atoms with van der Waals surface area (Å²) in [6.45, 7) is 6.20. The summed E-state index contributed by atoms with van der Waals surface area (Å²) in [5.74, 6) is -0.338. The fourth-order valence-electron chi connectivity index (χ4n) is 0.536. The lowest BCUT2D eigenvalue weighted by atomic mass is 9.91. The molecule has 0 saturated heterocycles. The molecule has 2 radical (unpaired) electrons. The van der Waals surface area contributed by atoms with Gasteiger partial charge in [-0.2, -0.15) is 0 Å². The van der Waals surface area contributed by atoms with E-state index in [1.165, 1.54) is 0 Å². The van der Waals surface area contributed by atoms with E-state index in [0.29, 0.717) is 6.42 Å². The van der Waals surface area contributed by atoms with E-state index in [-0.39, 0.29) is 11.4 Å². The van der Waals surface area contributed by atoms with Crippen LogP contribution in [-0.2, 0) is 9.53 Å². The molecule has 0 aliphatic rings. The lowest BCUT2D eigenvalue weighted by Crippen LogP contribution is -2.09. The Bertz CT molecular complexity index is 111. The molecule has 0 aromatic rings. The zero-order valence-corrected chi connectivity index (χ0v) is 6.81. The van der Waals surface area contributed by atoms with Crippen molar-refractivity contribution < 1.29 is 9.53 Å². The van der Waals surface area contributed by atoms with E-state index in [1.807, 2.05) is 0 Å². The normalized spacial score (nSPS) is 11.2. The summed E-state index contributed by atoms with van der Waals surface area (Å²) in [6, 6.07) is 0. The molecule has 2 nitrogen and oxygen atoms in total. The molecule has 0 rings (SSSR count). The van der Waals surface area contributed by atoms with E-state index in [0.717, 1.165) is 6.42 Å². The minimum atomic E-state index is -0.338. The first-order valence-electron chi connectivity index (χ1n) is 3.35. The molecule has 0 heterocycles. The number of esters is 1. The van der Waals surface area contributed by atoms with Crippen LogP contribution in [0.5, 0.6) is 0 Å². The molecule has 0 atom stereocenters. The van der Waals surface area contributed by atoms with E-state index in [4.69, 9.17) is 0 Å². The van der Waals surface area contributed by atoms with Crippen LogP contribution in [-0.4, -0.2) is 5.97 Å². The third-order valence-corrected chi connectivity index (χ3v) is 1.21. The Kier molecular flexibility index (Phi) is 3.40. The molecule has 0 fully saturated rings. The monoisotopic (exact) mass is 142 g/mol. The van der Waals surface area contributed by atoms with Gasteiger partial charge in [0.2, 0.25) is 0 Å². The minimum Gasteiger partial charge on any atom is -0.454 e. The summed E-state index contributed by atoms with van der Waals surface area (Å²) in [5.41, 5.74) is 0.175. The van der Waals surface area contributed by atoms with Gasteiger partial charge in [0.05, 0.1) is 0 Å². The number of ether oxygens (including phenoxy) is 1.